The molecule has 29 heavy (non-hydrogen) atoms. The zero-order chi connectivity index (χ0) is 20.4. The first kappa shape index (κ1) is 19.1. The number of aliphatic hydroxyl groups is 1. The van der Waals surface area contributed by atoms with Crippen molar-refractivity contribution in [2.24, 2.45) is 0 Å². The Hall–Kier alpha value is -3.26. The number of aromatic carboxylic acids is 1. The normalized spacial score (nSPS) is 19.1. The zero-order valence-electron chi connectivity index (χ0n) is 16.1. The lowest BCUT2D eigenvalue weighted by atomic mass is 9.93. The van der Waals surface area contributed by atoms with E-state index in [9.17, 15) is 15.0 Å². The van der Waals surface area contributed by atoms with Crippen molar-refractivity contribution in [2.75, 3.05) is 5.32 Å². The highest BCUT2D eigenvalue weighted by Crippen LogP contribution is 2.29. The lowest BCUT2D eigenvalue weighted by molar-refractivity contribution is 0.0697. The predicted octanol–water partition coefficient (Wildman–Crippen LogP) is 3.57. The number of benzene rings is 1. The molecule has 0 radical (unpaired) electrons. The van der Waals surface area contributed by atoms with Crippen LogP contribution >= 0.6 is 0 Å². The van der Waals surface area contributed by atoms with Crippen LogP contribution in [0.5, 0.6) is 0 Å². The number of aryl methyl sites for hydroxylation is 1. The van der Waals surface area contributed by atoms with E-state index in [-0.39, 0.29) is 11.7 Å². The third-order valence-electron chi connectivity index (χ3n) is 5.25. The van der Waals surface area contributed by atoms with E-state index in [1.807, 2.05) is 23.9 Å². The largest absolute Gasteiger partial charge is 0.478 e. The van der Waals surface area contributed by atoms with Gasteiger partial charge in [-0.25, -0.2) is 14.8 Å². The van der Waals surface area contributed by atoms with Crippen molar-refractivity contribution < 1.29 is 15.0 Å². The van der Waals surface area contributed by atoms with Crippen molar-refractivity contribution in [3.8, 4) is 11.3 Å². The maximum absolute atomic E-state index is 11.3. The second kappa shape index (κ2) is 8.00. The molecule has 0 spiro atoms. The highest BCUT2D eigenvalue weighted by atomic mass is 16.4. The fraction of sp³-hybridized carbons (Fsp3) is 0.333. The maximum Gasteiger partial charge on any atom is 0.335 e. The number of nitrogens with zero attached hydrogens (tertiary/aromatic N) is 4. The topological polar surface area (TPSA) is 113 Å². The van der Waals surface area contributed by atoms with Crippen molar-refractivity contribution in [2.45, 2.75) is 44.8 Å². The predicted molar refractivity (Wildman–Crippen MR) is 108 cm³/mol. The van der Waals surface area contributed by atoms with Crippen LogP contribution in [0.15, 0.2) is 42.9 Å². The van der Waals surface area contributed by atoms with E-state index in [2.05, 4.69) is 20.4 Å². The summed E-state index contributed by atoms with van der Waals surface area (Å²) >= 11 is 0. The fourth-order valence-corrected chi connectivity index (χ4v) is 3.65. The fourth-order valence-electron chi connectivity index (χ4n) is 3.65. The van der Waals surface area contributed by atoms with Crippen molar-refractivity contribution in [1.29, 1.82) is 0 Å². The Morgan fingerprint density at radius 1 is 1.21 bits per heavy atom. The number of carbonyl (C=O) groups is 1. The Kier molecular flexibility index (Phi) is 5.26. The van der Waals surface area contributed by atoms with Gasteiger partial charge >= 0.3 is 5.97 Å². The Bertz CT molecular complexity index is 1020. The molecule has 4 rings (SSSR count). The molecule has 2 heterocycles. The lowest BCUT2D eigenvalue weighted by Gasteiger charge is -2.25. The van der Waals surface area contributed by atoms with Gasteiger partial charge in [-0.1, -0.05) is 12.1 Å². The molecule has 1 aromatic carbocycles. The molecule has 0 atom stereocenters. The Morgan fingerprint density at radius 2 is 2.00 bits per heavy atom. The van der Waals surface area contributed by atoms with Crippen LogP contribution in [0.4, 0.5) is 11.6 Å². The minimum atomic E-state index is -0.973. The van der Waals surface area contributed by atoms with Crippen molar-refractivity contribution in [1.82, 2.24) is 19.7 Å². The average Bonchev–Trinajstić information content (AvgIpc) is 3.18. The van der Waals surface area contributed by atoms with Gasteiger partial charge in [0.25, 0.3) is 0 Å². The minimum absolute atomic E-state index is 0.196. The molecule has 1 fully saturated rings. The molecule has 0 bridgehead atoms. The van der Waals surface area contributed by atoms with Crippen LogP contribution in [0.2, 0.25) is 0 Å². The number of anilines is 2. The lowest BCUT2D eigenvalue weighted by Crippen LogP contribution is -2.21. The number of aromatic nitrogens is 4. The van der Waals surface area contributed by atoms with Gasteiger partial charge in [0.2, 0.25) is 5.95 Å². The van der Waals surface area contributed by atoms with E-state index in [1.165, 1.54) is 0 Å². The monoisotopic (exact) mass is 393 g/mol. The Labute approximate surface area is 168 Å². The van der Waals surface area contributed by atoms with Gasteiger partial charge in [0.15, 0.2) is 0 Å². The Morgan fingerprint density at radius 3 is 2.76 bits per heavy atom. The van der Waals surface area contributed by atoms with E-state index >= 15 is 0 Å². The molecule has 8 nitrogen and oxygen atoms in total. The summed E-state index contributed by atoms with van der Waals surface area (Å²) in [6.07, 6.45) is 8.60. The van der Waals surface area contributed by atoms with Gasteiger partial charge < -0.3 is 15.5 Å². The van der Waals surface area contributed by atoms with E-state index < -0.39 is 5.97 Å². The van der Waals surface area contributed by atoms with Gasteiger partial charge in [-0.2, -0.15) is 5.10 Å². The molecule has 0 amide bonds. The summed E-state index contributed by atoms with van der Waals surface area (Å²) < 4.78 is 1.93. The third kappa shape index (κ3) is 4.27. The van der Waals surface area contributed by atoms with Gasteiger partial charge in [-0.05, 0) is 50.3 Å². The van der Waals surface area contributed by atoms with E-state index in [0.717, 1.165) is 42.5 Å². The maximum atomic E-state index is 11.3. The van der Waals surface area contributed by atoms with Gasteiger partial charge in [0.1, 0.15) is 0 Å². The molecule has 0 unspecified atom stereocenters. The molecule has 3 aromatic rings. The molecule has 1 aliphatic carbocycles. The van der Waals surface area contributed by atoms with Crippen LogP contribution in [-0.4, -0.2) is 42.0 Å². The summed E-state index contributed by atoms with van der Waals surface area (Å²) in [5.74, 6) is -0.551. The first-order valence-electron chi connectivity index (χ1n) is 9.66. The van der Waals surface area contributed by atoms with Gasteiger partial charge in [0.05, 0.1) is 35.3 Å². The molecule has 150 valence electrons. The van der Waals surface area contributed by atoms with E-state index in [1.54, 1.807) is 30.6 Å². The van der Waals surface area contributed by atoms with Gasteiger partial charge in [-0.3, -0.25) is 4.68 Å². The van der Waals surface area contributed by atoms with Gasteiger partial charge in [-0.15, -0.1) is 0 Å². The molecule has 2 aromatic heterocycles. The summed E-state index contributed by atoms with van der Waals surface area (Å²) in [5.41, 5.74) is 3.26. The molecule has 0 saturated heterocycles. The Balaban J connectivity index is 1.54. The first-order valence-corrected chi connectivity index (χ1v) is 9.66. The van der Waals surface area contributed by atoms with Crippen molar-refractivity contribution in [3.63, 3.8) is 0 Å². The number of carboxylic acid groups (broad SMARTS) is 1. The molecule has 1 saturated carbocycles. The first-order chi connectivity index (χ1) is 14.0. The highest BCUT2D eigenvalue weighted by Gasteiger charge is 2.21. The SMILES string of the molecule is Cc1cnc(Nc2cnn(C3CCC(O)CC3)c2)nc1-c1cccc(C(=O)O)c1. The van der Waals surface area contributed by atoms with E-state index in [0.29, 0.717) is 17.7 Å². The average molecular weight is 393 g/mol. The van der Waals surface area contributed by atoms with Crippen LogP contribution in [0.1, 0.15) is 47.6 Å². The number of nitrogens with one attached hydrogen (secondary N) is 1. The third-order valence-corrected chi connectivity index (χ3v) is 5.25. The number of aliphatic hydroxyl groups excluding tert-OH is 1. The molecule has 1 aliphatic rings. The summed E-state index contributed by atoms with van der Waals surface area (Å²) in [6.45, 7) is 1.89. The van der Waals surface area contributed by atoms with Crippen LogP contribution in [0.25, 0.3) is 11.3 Å². The second-order valence-electron chi connectivity index (χ2n) is 7.41. The number of hydrogen-bond donors (Lipinski definition) is 3. The molecular weight excluding hydrogens is 370 g/mol. The number of hydrogen-bond acceptors (Lipinski definition) is 6. The number of carboxylic acids is 1. The summed E-state index contributed by atoms with van der Waals surface area (Å²) in [6, 6.07) is 7.00. The highest BCUT2D eigenvalue weighted by molar-refractivity contribution is 5.89. The summed E-state index contributed by atoms with van der Waals surface area (Å²) in [7, 11) is 0. The van der Waals surface area contributed by atoms with Crippen LogP contribution in [-0.2, 0) is 0 Å². The van der Waals surface area contributed by atoms with Crippen molar-refractivity contribution >= 4 is 17.6 Å². The van der Waals surface area contributed by atoms with E-state index in [4.69, 9.17) is 0 Å². The van der Waals surface area contributed by atoms with Crippen LogP contribution < -0.4 is 5.32 Å². The van der Waals surface area contributed by atoms with Crippen LogP contribution in [0.3, 0.4) is 0 Å². The summed E-state index contributed by atoms with van der Waals surface area (Å²) in [5, 5.41) is 26.5. The number of rotatable bonds is 5. The molecule has 8 heteroatoms. The molecular formula is C21H23N5O3. The van der Waals surface area contributed by atoms with Crippen LogP contribution in [0, 0.1) is 6.92 Å². The van der Waals surface area contributed by atoms with Crippen molar-refractivity contribution in [3.05, 3.63) is 54.0 Å². The summed E-state index contributed by atoms with van der Waals surface area (Å²) in [4.78, 5) is 20.2. The minimum Gasteiger partial charge on any atom is -0.478 e. The quantitative estimate of drug-likeness (QED) is 0.607. The second-order valence-corrected chi connectivity index (χ2v) is 7.41. The smallest absolute Gasteiger partial charge is 0.335 e. The molecule has 3 N–H and O–H groups in total. The van der Waals surface area contributed by atoms with Gasteiger partial charge in [0, 0.05) is 18.0 Å². The standard InChI is InChI=1S/C21H23N5O3/c1-13-10-22-21(25-19(13)14-3-2-4-15(9-14)20(28)29)24-16-11-23-26(12-16)17-5-7-18(27)8-6-17/h2-4,9-12,17-18,27H,5-8H2,1H3,(H,28,29)(H,22,24,25). The molecule has 0 aliphatic heterocycles. The zero-order valence-corrected chi connectivity index (χ0v) is 16.1.